The van der Waals surface area contributed by atoms with Crippen LogP contribution in [0, 0.1) is 5.41 Å². The molecule has 0 spiro atoms. The lowest BCUT2D eigenvalue weighted by Crippen LogP contribution is -2.61. The number of hydrogen-bond acceptors (Lipinski definition) is 6. The van der Waals surface area contributed by atoms with Crippen molar-refractivity contribution in [2.24, 2.45) is 5.41 Å². The van der Waals surface area contributed by atoms with Gasteiger partial charge in [0.15, 0.2) is 9.04 Å². The van der Waals surface area contributed by atoms with Crippen molar-refractivity contribution in [1.29, 1.82) is 0 Å². The molecule has 3 N–H and O–H groups in total. The minimum Gasteiger partial charge on any atom is -0.497 e. The van der Waals surface area contributed by atoms with Gasteiger partial charge in [-0.15, -0.1) is 0 Å². The van der Waals surface area contributed by atoms with Crippen molar-refractivity contribution in [2.75, 3.05) is 19.0 Å². The molecule has 1 saturated heterocycles. The Labute approximate surface area is 158 Å². The zero-order valence-electron chi connectivity index (χ0n) is 16.6. The van der Waals surface area contributed by atoms with Crippen LogP contribution in [0.2, 0.25) is 13.1 Å². The van der Waals surface area contributed by atoms with E-state index >= 15 is 0 Å². The Morgan fingerprint density at radius 2 is 1.92 bits per heavy atom. The summed E-state index contributed by atoms with van der Waals surface area (Å²) >= 11 is 0. The highest BCUT2D eigenvalue weighted by Crippen LogP contribution is 2.32. The molecule has 0 radical (unpaired) electrons. The normalized spacial score (nSPS) is 28.0. The van der Waals surface area contributed by atoms with E-state index in [2.05, 4.69) is 39.2 Å². The number of rotatable bonds is 6. The van der Waals surface area contributed by atoms with Crippen LogP contribution in [-0.4, -0.2) is 63.4 Å². The molecule has 1 aliphatic rings. The number of ether oxygens (including phenoxy) is 2. The number of aliphatic hydroxyl groups is 2. The third kappa shape index (κ3) is 5.20. The molecule has 5 atom stereocenters. The summed E-state index contributed by atoms with van der Waals surface area (Å²) in [5.41, 5.74) is 0.608. The molecule has 0 saturated carbocycles. The van der Waals surface area contributed by atoms with Gasteiger partial charge in [0.1, 0.15) is 24.1 Å². The molecule has 0 aromatic heterocycles. The maximum atomic E-state index is 10.7. The highest BCUT2D eigenvalue weighted by Gasteiger charge is 2.46. The van der Waals surface area contributed by atoms with Gasteiger partial charge in [-0.05, 0) is 30.6 Å². The standard InChI is InChI=1S/C19H33NO5Si/c1-19(2,3)18(25-26(5)6)17-16(22)15(21)14(11-24-17)20-12-8-7-9-13(10-12)23-4/h7-10,14-18,20-22,26H,11H2,1-6H3. The summed E-state index contributed by atoms with van der Waals surface area (Å²) in [5.74, 6) is 0.725. The summed E-state index contributed by atoms with van der Waals surface area (Å²) in [7, 11) is 0.277. The smallest absolute Gasteiger partial charge is 0.171 e. The Morgan fingerprint density at radius 3 is 2.50 bits per heavy atom. The molecular weight excluding hydrogens is 350 g/mol. The first-order valence-electron chi connectivity index (χ1n) is 9.17. The molecule has 6 nitrogen and oxygen atoms in total. The monoisotopic (exact) mass is 383 g/mol. The van der Waals surface area contributed by atoms with Gasteiger partial charge in [-0.1, -0.05) is 26.8 Å². The molecule has 2 rings (SSSR count). The van der Waals surface area contributed by atoms with E-state index in [1.807, 2.05) is 24.3 Å². The fourth-order valence-electron chi connectivity index (χ4n) is 3.23. The number of nitrogens with one attached hydrogen (secondary N) is 1. The van der Waals surface area contributed by atoms with Crippen LogP contribution in [0.25, 0.3) is 0 Å². The number of methoxy groups -OCH3 is 1. The molecule has 1 aromatic carbocycles. The number of anilines is 1. The van der Waals surface area contributed by atoms with Gasteiger partial charge in [-0.25, -0.2) is 0 Å². The largest absolute Gasteiger partial charge is 0.497 e. The number of benzene rings is 1. The van der Waals surface area contributed by atoms with Gasteiger partial charge in [-0.2, -0.15) is 0 Å². The maximum Gasteiger partial charge on any atom is 0.171 e. The minimum absolute atomic E-state index is 0.199. The first kappa shape index (κ1) is 21.2. The molecule has 1 fully saturated rings. The lowest BCUT2D eigenvalue weighted by molar-refractivity contribution is -0.186. The van der Waals surface area contributed by atoms with Crippen LogP contribution in [0.4, 0.5) is 5.69 Å². The summed E-state index contributed by atoms with van der Waals surface area (Å²) < 4.78 is 17.4. The lowest BCUT2D eigenvalue weighted by atomic mass is 9.81. The van der Waals surface area contributed by atoms with Gasteiger partial charge < -0.3 is 29.4 Å². The summed E-state index contributed by atoms with van der Waals surface area (Å²) in [4.78, 5) is 0. The second kappa shape index (κ2) is 8.71. The van der Waals surface area contributed by atoms with Crippen molar-refractivity contribution in [1.82, 2.24) is 0 Å². The van der Waals surface area contributed by atoms with E-state index < -0.39 is 33.4 Å². The molecule has 1 aliphatic heterocycles. The quantitative estimate of drug-likeness (QED) is 0.652. The maximum absolute atomic E-state index is 10.7. The fourth-order valence-corrected chi connectivity index (χ4v) is 4.38. The first-order chi connectivity index (χ1) is 12.1. The summed E-state index contributed by atoms with van der Waals surface area (Å²) in [5, 5.41) is 24.6. The molecule has 26 heavy (non-hydrogen) atoms. The predicted molar refractivity (Wildman–Crippen MR) is 105 cm³/mol. The Balaban J connectivity index is 2.10. The van der Waals surface area contributed by atoms with Crippen LogP contribution in [0.5, 0.6) is 5.75 Å². The second-order valence-electron chi connectivity index (χ2n) is 8.23. The van der Waals surface area contributed by atoms with Crippen LogP contribution < -0.4 is 10.1 Å². The van der Waals surface area contributed by atoms with Gasteiger partial charge in [-0.3, -0.25) is 0 Å². The highest BCUT2D eigenvalue weighted by atomic mass is 28.3. The first-order valence-corrected chi connectivity index (χ1v) is 12.0. The zero-order valence-corrected chi connectivity index (χ0v) is 17.8. The third-order valence-electron chi connectivity index (χ3n) is 4.56. The van der Waals surface area contributed by atoms with Crippen molar-refractivity contribution < 1.29 is 24.1 Å². The van der Waals surface area contributed by atoms with E-state index in [0.717, 1.165) is 11.4 Å². The van der Waals surface area contributed by atoms with Gasteiger partial charge in [0.2, 0.25) is 0 Å². The number of hydrogen-bond donors (Lipinski definition) is 3. The van der Waals surface area contributed by atoms with Crippen molar-refractivity contribution in [2.45, 2.75) is 64.3 Å². The highest BCUT2D eigenvalue weighted by molar-refractivity contribution is 6.48. The van der Waals surface area contributed by atoms with Gasteiger partial charge in [0.25, 0.3) is 0 Å². The number of aliphatic hydroxyl groups excluding tert-OH is 2. The van der Waals surface area contributed by atoms with E-state index in [1.54, 1.807) is 7.11 Å². The van der Waals surface area contributed by atoms with Crippen LogP contribution >= 0.6 is 0 Å². The van der Waals surface area contributed by atoms with Crippen molar-refractivity contribution in [3.8, 4) is 5.75 Å². The van der Waals surface area contributed by atoms with E-state index in [9.17, 15) is 10.2 Å². The lowest BCUT2D eigenvalue weighted by Gasteiger charge is -2.45. The average molecular weight is 384 g/mol. The van der Waals surface area contributed by atoms with E-state index in [0.29, 0.717) is 0 Å². The molecular formula is C19H33NO5Si. The van der Waals surface area contributed by atoms with Crippen LogP contribution in [0.1, 0.15) is 20.8 Å². The van der Waals surface area contributed by atoms with Gasteiger partial charge in [0, 0.05) is 11.8 Å². The van der Waals surface area contributed by atoms with Crippen molar-refractivity contribution in [3.63, 3.8) is 0 Å². The molecule has 0 bridgehead atoms. The Bertz CT molecular complexity index is 577. The van der Waals surface area contributed by atoms with Crippen LogP contribution in [-0.2, 0) is 9.16 Å². The third-order valence-corrected chi connectivity index (χ3v) is 5.40. The van der Waals surface area contributed by atoms with E-state index in [-0.39, 0.29) is 18.1 Å². The van der Waals surface area contributed by atoms with Gasteiger partial charge >= 0.3 is 0 Å². The molecule has 5 unspecified atom stereocenters. The molecule has 0 amide bonds. The summed E-state index contributed by atoms with van der Waals surface area (Å²) in [6.07, 6.45) is -2.80. The van der Waals surface area contributed by atoms with Crippen LogP contribution in [0.15, 0.2) is 24.3 Å². The Morgan fingerprint density at radius 1 is 1.23 bits per heavy atom. The molecule has 1 heterocycles. The van der Waals surface area contributed by atoms with Crippen molar-refractivity contribution >= 4 is 14.7 Å². The predicted octanol–water partition coefficient (Wildman–Crippen LogP) is 2.01. The van der Waals surface area contributed by atoms with Crippen molar-refractivity contribution in [3.05, 3.63) is 24.3 Å². The topological polar surface area (TPSA) is 80.2 Å². The molecule has 1 aromatic rings. The molecule has 7 heteroatoms. The van der Waals surface area contributed by atoms with Crippen LogP contribution in [0.3, 0.4) is 0 Å². The minimum atomic E-state index is -1.33. The zero-order chi connectivity index (χ0) is 19.5. The fraction of sp³-hybridized carbons (Fsp3) is 0.684. The SMILES string of the molecule is COc1cccc(NC2COC(C(O[SiH](C)C)C(C)(C)C)C(O)C2O)c1. The molecule has 148 valence electrons. The Kier molecular flexibility index (Phi) is 7.10. The van der Waals surface area contributed by atoms with E-state index in [1.165, 1.54) is 0 Å². The average Bonchev–Trinajstić information content (AvgIpc) is 2.57. The summed E-state index contributed by atoms with van der Waals surface area (Å²) in [6.45, 7) is 10.7. The summed E-state index contributed by atoms with van der Waals surface area (Å²) in [6, 6.07) is 7.04. The molecule has 0 aliphatic carbocycles. The van der Waals surface area contributed by atoms with Gasteiger partial charge in [0.05, 0.1) is 25.9 Å². The Hall–Kier alpha value is -1.12. The van der Waals surface area contributed by atoms with E-state index in [4.69, 9.17) is 13.9 Å². The second-order valence-corrected chi connectivity index (χ2v) is 10.6.